The number of anilines is 1. The topological polar surface area (TPSA) is 52.8 Å². The van der Waals surface area contributed by atoms with E-state index in [0.29, 0.717) is 0 Å². The van der Waals surface area contributed by atoms with Crippen LogP contribution >= 0.6 is 11.5 Å². The summed E-state index contributed by atoms with van der Waals surface area (Å²) in [5, 5.41) is 9.32. The maximum atomic E-state index is 8.49. The normalized spacial score (nSPS) is 9.42. The molecule has 0 amide bonds. The van der Waals surface area contributed by atoms with Crippen LogP contribution in [0, 0.1) is 11.3 Å². The van der Waals surface area contributed by atoms with Crippen molar-refractivity contribution < 1.29 is 0 Å². The highest BCUT2D eigenvalue weighted by Gasteiger charge is 2.07. The molecule has 0 bridgehead atoms. The highest BCUT2D eigenvalue weighted by atomic mass is 32.1. The van der Waals surface area contributed by atoms with Gasteiger partial charge in [-0.3, -0.25) is 0 Å². The molecule has 0 aliphatic heterocycles. The molecule has 0 unspecified atom stereocenters. The number of nitriles is 1. The minimum Gasteiger partial charge on any atom is -0.347 e. The van der Waals surface area contributed by atoms with E-state index in [4.69, 9.17) is 5.26 Å². The molecule has 0 radical (unpaired) electrons. The van der Waals surface area contributed by atoms with Gasteiger partial charge in [0.1, 0.15) is 6.07 Å². The third-order valence-corrected chi connectivity index (χ3v) is 2.33. The van der Waals surface area contributed by atoms with Gasteiger partial charge in [0.05, 0.1) is 0 Å². The minimum absolute atomic E-state index is 0.266. The van der Waals surface area contributed by atoms with Crippen LogP contribution in [0.2, 0.25) is 0 Å². The number of aromatic nitrogens is 2. The molecule has 1 aromatic heterocycles. The van der Waals surface area contributed by atoms with E-state index in [2.05, 4.69) is 28.1 Å². The molecular weight excluding hydrogens is 172 g/mol. The van der Waals surface area contributed by atoms with Crippen molar-refractivity contribution in [3.05, 3.63) is 5.82 Å². The minimum atomic E-state index is 0.266. The molecule has 0 N–H and O–H groups in total. The van der Waals surface area contributed by atoms with Gasteiger partial charge in [0.2, 0.25) is 11.0 Å². The fraction of sp³-hybridized carbons (Fsp3) is 0.571. The van der Waals surface area contributed by atoms with E-state index in [1.165, 1.54) is 11.5 Å². The van der Waals surface area contributed by atoms with Gasteiger partial charge in [0, 0.05) is 24.6 Å². The molecule has 4 nitrogen and oxygen atoms in total. The third kappa shape index (κ3) is 1.71. The molecule has 0 saturated heterocycles. The predicted molar refractivity (Wildman–Crippen MR) is 48.2 cm³/mol. The number of nitrogens with zero attached hydrogens (tertiary/aromatic N) is 4. The van der Waals surface area contributed by atoms with Crippen LogP contribution in [-0.4, -0.2) is 22.4 Å². The first-order valence-corrected chi connectivity index (χ1v) is 4.57. The molecule has 0 aliphatic carbocycles. The largest absolute Gasteiger partial charge is 0.347 e. The van der Waals surface area contributed by atoms with Crippen molar-refractivity contribution in [3.8, 4) is 6.07 Å². The van der Waals surface area contributed by atoms with Crippen molar-refractivity contribution in [1.29, 1.82) is 5.26 Å². The Bertz CT molecular complexity index is 284. The summed E-state index contributed by atoms with van der Waals surface area (Å²) in [6.45, 7) is 5.90. The van der Waals surface area contributed by atoms with Gasteiger partial charge >= 0.3 is 0 Å². The predicted octanol–water partition coefficient (Wildman–Crippen LogP) is 1.26. The number of rotatable bonds is 3. The van der Waals surface area contributed by atoms with E-state index >= 15 is 0 Å². The van der Waals surface area contributed by atoms with E-state index < -0.39 is 0 Å². The molecule has 12 heavy (non-hydrogen) atoms. The first-order chi connectivity index (χ1) is 5.81. The van der Waals surface area contributed by atoms with Crippen molar-refractivity contribution in [2.24, 2.45) is 0 Å². The van der Waals surface area contributed by atoms with Gasteiger partial charge in [-0.1, -0.05) is 0 Å². The van der Waals surface area contributed by atoms with Gasteiger partial charge < -0.3 is 4.90 Å². The fourth-order valence-electron chi connectivity index (χ4n) is 0.883. The van der Waals surface area contributed by atoms with Crippen LogP contribution in [-0.2, 0) is 0 Å². The van der Waals surface area contributed by atoms with Crippen molar-refractivity contribution in [2.75, 3.05) is 18.0 Å². The Balaban J connectivity index is 2.81. The smallest absolute Gasteiger partial charge is 0.245 e. The Morgan fingerprint density at radius 3 is 2.58 bits per heavy atom. The molecule has 5 heteroatoms. The van der Waals surface area contributed by atoms with Crippen molar-refractivity contribution in [2.45, 2.75) is 13.8 Å². The summed E-state index contributed by atoms with van der Waals surface area (Å²) in [6, 6.07) is 1.91. The van der Waals surface area contributed by atoms with E-state index in [1.807, 2.05) is 6.07 Å². The Morgan fingerprint density at radius 2 is 2.17 bits per heavy atom. The van der Waals surface area contributed by atoms with Crippen LogP contribution in [0.4, 0.5) is 5.13 Å². The lowest BCUT2D eigenvalue weighted by atomic mass is 10.6. The van der Waals surface area contributed by atoms with Crippen molar-refractivity contribution in [3.63, 3.8) is 0 Å². The summed E-state index contributed by atoms with van der Waals surface area (Å²) in [4.78, 5) is 6.11. The molecule has 0 aromatic carbocycles. The lowest BCUT2D eigenvalue weighted by Crippen LogP contribution is -2.21. The number of hydrogen-bond donors (Lipinski definition) is 0. The fourth-order valence-corrected chi connectivity index (χ4v) is 1.63. The average molecular weight is 182 g/mol. The summed E-state index contributed by atoms with van der Waals surface area (Å²) in [5.41, 5.74) is 0. The van der Waals surface area contributed by atoms with Gasteiger partial charge in [0.15, 0.2) is 0 Å². The van der Waals surface area contributed by atoms with E-state index in [0.717, 1.165) is 18.2 Å². The maximum Gasteiger partial charge on any atom is 0.245 e. The molecule has 0 fully saturated rings. The Kier molecular flexibility index (Phi) is 3.00. The second kappa shape index (κ2) is 4.02. The Labute approximate surface area is 75.6 Å². The lowest BCUT2D eigenvalue weighted by Gasteiger charge is -2.15. The van der Waals surface area contributed by atoms with Crippen LogP contribution in [0.3, 0.4) is 0 Å². The standard InChI is InChI=1S/C7H10N4S/c1-3-11(4-2)7-9-6(5-8)10-12-7/h3-4H2,1-2H3. The Morgan fingerprint density at radius 1 is 1.50 bits per heavy atom. The monoisotopic (exact) mass is 182 g/mol. The van der Waals surface area contributed by atoms with Crippen LogP contribution < -0.4 is 4.90 Å². The van der Waals surface area contributed by atoms with Crippen LogP contribution in [0.5, 0.6) is 0 Å². The highest BCUT2D eigenvalue weighted by Crippen LogP contribution is 2.15. The lowest BCUT2D eigenvalue weighted by molar-refractivity contribution is 0.858. The van der Waals surface area contributed by atoms with E-state index in [9.17, 15) is 0 Å². The van der Waals surface area contributed by atoms with E-state index in [1.54, 1.807) is 0 Å². The average Bonchev–Trinajstić information content (AvgIpc) is 2.55. The molecular formula is C7H10N4S. The third-order valence-electron chi connectivity index (χ3n) is 1.55. The van der Waals surface area contributed by atoms with Gasteiger partial charge in [-0.05, 0) is 13.8 Å². The van der Waals surface area contributed by atoms with Gasteiger partial charge in [0.25, 0.3) is 0 Å². The molecule has 0 saturated carbocycles. The quantitative estimate of drug-likeness (QED) is 0.706. The summed E-state index contributed by atoms with van der Waals surface area (Å²) in [6.07, 6.45) is 0. The SMILES string of the molecule is CCN(CC)c1nc(C#N)ns1. The highest BCUT2D eigenvalue weighted by molar-refractivity contribution is 7.09. The van der Waals surface area contributed by atoms with Gasteiger partial charge in [-0.2, -0.15) is 14.6 Å². The summed E-state index contributed by atoms with van der Waals surface area (Å²) in [7, 11) is 0. The second-order valence-electron chi connectivity index (χ2n) is 2.18. The number of hydrogen-bond acceptors (Lipinski definition) is 5. The second-order valence-corrected chi connectivity index (χ2v) is 2.91. The molecule has 64 valence electrons. The molecule has 0 spiro atoms. The molecule has 0 atom stereocenters. The zero-order chi connectivity index (χ0) is 8.97. The first kappa shape index (κ1) is 8.94. The summed E-state index contributed by atoms with van der Waals surface area (Å²) < 4.78 is 3.88. The van der Waals surface area contributed by atoms with Crippen LogP contribution in [0.25, 0.3) is 0 Å². The van der Waals surface area contributed by atoms with Gasteiger partial charge in [-0.25, -0.2) is 0 Å². The zero-order valence-corrected chi connectivity index (χ0v) is 7.93. The van der Waals surface area contributed by atoms with E-state index in [-0.39, 0.29) is 5.82 Å². The Hall–Kier alpha value is -1.15. The molecule has 0 aliphatic rings. The van der Waals surface area contributed by atoms with Crippen LogP contribution in [0.1, 0.15) is 19.7 Å². The van der Waals surface area contributed by atoms with Crippen LogP contribution in [0.15, 0.2) is 0 Å². The van der Waals surface area contributed by atoms with Crippen molar-refractivity contribution >= 4 is 16.7 Å². The van der Waals surface area contributed by atoms with Gasteiger partial charge in [-0.15, -0.1) is 0 Å². The van der Waals surface area contributed by atoms with Crippen molar-refractivity contribution in [1.82, 2.24) is 9.36 Å². The summed E-state index contributed by atoms with van der Waals surface area (Å²) >= 11 is 1.27. The molecule has 1 heterocycles. The maximum absolute atomic E-state index is 8.49. The summed E-state index contributed by atoms with van der Waals surface area (Å²) in [5.74, 6) is 0.266. The first-order valence-electron chi connectivity index (χ1n) is 3.80. The zero-order valence-electron chi connectivity index (χ0n) is 7.11. The molecule has 1 rings (SSSR count). The molecule has 1 aromatic rings.